The highest BCUT2D eigenvalue weighted by atomic mass is 32.2. The van der Waals surface area contributed by atoms with Crippen LogP contribution in [0.25, 0.3) is 0 Å². The molecule has 0 aliphatic carbocycles. The van der Waals surface area contributed by atoms with Crippen molar-refractivity contribution in [2.45, 2.75) is 37.2 Å². The van der Waals surface area contributed by atoms with Gasteiger partial charge in [0.05, 0.1) is 6.54 Å². The molecule has 0 aromatic carbocycles. The van der Waals surface area contributed by atoms with Crippen LogP contribution in [0.3, 0.4) is 0 Å². The van der Waals surface area contributed by atoms with E-state index in [4.69, 9.17) is 4.74 Å². The molecule has 1 unspecified atom stereocenters. The second-order valence-electron chi connectivity index (χ2n) is 3.75. The van der Waals surface area contributed by atoms with Gasteiger partial charge < -0.3 is 10.1 Å². The molecule has 0 radical (unpaired) electrons. The van der Waals surface area contributed by atoms with Crippen molar-refractivity contribution in [1.29, 1.82) is 0 Å². The van der Waals surface area contributed by atoms with Crippen molar-refractivity contribution >= 4 is 11.8 Å². The van der Waals surface area contributed by atoms with Crippen LogP contribution in [0.5, 0.6) is 0 Å². The zero-order valence-electron chi connectivity index (χ0n) is 10.7. The van der Waals surface area contributed by atoms with E-state index in [-0.39, 0.29) is 0 Å². The number of hydrogen-bond acceptors (Lipinski definition) is 6. The number of methoxy groups -OCH3 is 1. The van der Waals surface area contributed by atoms with Gasteiger partial charge in [-0.15, -0.1) is 5.10 Å². The first-order valence-corrected chi connectivity index (χ1v) is 6.78. The maximum Gasteiger partial charge on any atom is 0.209 e. The Balaban J connectivity index is 2.39. The van der Waals surface area contributed by atoms with Crippen LogP contribution in [0.1, 0.15) is 20.3 Å². The number of hydrogen-bond donors (Lipinski definition) is 1. The fourth-order valence-corrected chi connectivity index (χ4v) is 2.21. The van der Waals surface area contributed by atoms with E-state index in [1.165, 1.54) is 0 Å². The Labute approximate surface area is 106 Å². The van der Waals surface area contributed by atoms with Crippen LogP contribution in [0.15, 0.2) is 5.16 Å². The second-order valence-corrected chi connectivity index (χ2v) is 5.15. The number of nitrogens with zero attached hydrogens (tertiary/aromatic N) is 4. The lowest BCUT2D eigenvalue weighted by Gasteiger charge is -2.10. The molecule has 1 aromatic heterocycles. The number of nitrogens with one attached hydrogen (secondary N) is 1. The van der Waals surface area contributed by atoms with Crippen molar-refractivity contribution in [3.63, 3.8) is 0 Å². The zero-order chi connectivity index (χ0) is 12.5. The molecule has 1 N–H and O–H groups in total. The first-order valence-electron chi connectivity index (χ1n) is 5.90. The van der Waals surface area contributed by atoms with Gasteiger partial charge in [0, 0.05) is 25.5 Å². The Bertz CT molecular complexity index is 307. The monoisotopic (exact) mass is 259 g/mol. The largest absolute Gasteiger partial charge is 0.385 e. The Morgan fingerprint density at radius 2 is 2.35 bits per heavy atom. The van der Waals surface area contributed by atoms with Crippen molar-refractivity contribution in [2.24, 2.45) is 0 Å². The molecule has 17 heavy (non-hydrogen) atoms. The average molecular weight is 259 g/mol. The number of ether oxygens (including phenoxy) is 1. The zero-order valence-corrected chi connectivity index (χ0v) is 11.5. The second kappa shape index (κ2) is 8.43. The summed E-state index contributed by atoms with van der Waals surface area (Å²) in [6.45, 7) is 7.68. The van der Waals surface area contributed by atoms with Gasteiger partial charge in [0.2, 0.25) is 5.16 Å². The average Bonchev–Trinajstić information content (AvgIpc) is 2.74. The summed E-state index contributed by atoms with van der Waals surface area (Å²) in [5.74, 6) is 0. The van der Waals surface area contributed by atoms with Gasteiger partial charge in [-0.25, -0.2) is 4.68 Å². The molecule has 1 rings (SSSR count). The maximum atomic E-state index is 5.06. The molecule has 1 atom stereocenters. The van der Waals surface area contributed by atoms with Crippen LogP contribution >= 0.6 is 11.8 Å². The molecule has 0 amide bonds. The third kappa shape index (κ3) is 5.47. The lowest BCUT2D eigenvalue weighted by molar-refractivity contribution is 0.195. The van der Waals surface area contributed by atoms with Crippen molar-refractivity contribution in [2.75, 3.05) is 26.8 Å². The number of rotatable bonds is 9. The Hall–Kier alpha value is -0.660. The van der Waals surface area contributed by atoms with Crippen molar-refractivity contribution in [3.05, 3.63) is 0 Å². The van der Waals surface area contributed by atoms with E-state index in [9.17, 15) is 0 Å². The van der Waals surface area contributed by atoms with E-state index >= 15 is 0 Å². The SMILES string of the molecule is CCNCCn1nnnc1SC(C)CCOC. The summed E-state index contributed by atoms with van der Waals surface area (Å²) >= 11 is 1.69. The molecule has 6 nitrogen and oxygen atoms in total. The van der Waals surface area contributed by atoms with E-state index < -0.39 is 0 Å². The van der Waals surface area contributed by atoms with Crippen LogP contribution in [-0.4, -0.2) is 52.3 Å². The molecule has 0 fully saturated rings. The topological polar surface area (TPSA) is 64.9 Å². The molecule has 1 aromatic rings. The highest BCUT2D eigenvalue weighted by Crippen LogP contribution is 2.22. The Morgan fingerprint density at radius 3 is 3.06 bits per heavy atom. The molecule has 7 heteroatoms. The van der Waals surface area contributed by atoms with Gasteiger partial charge in [-0.05, 0) is 23.4 Å². The molecule has 0 saturated heterocycles. The summed E-state index contributed by atoms with van der Waals surface area (Å²) in [6.07, 6.45) is 1.00. The highest BCUT2D eigenvalue weighted by molar-refractivity contribution is 7.99. The molecule has 0 aliphatic rings. The van der Waals surface area contributed by atoms with E-state index in [1.807, 2.05) is 4.68 Å². The van der Waals surface area contributed by atoms with Gasteiger partial charge in [0.15, 0.2) is 0 Å². The summed E-state index contributed by atoms with van der Waals surface area (Å²) in [5, 5.41) is 16.3. The molecule has 0 bridgehead atoms. The van der Waals surface area contributed by atoms with Crippen molar-refractivity contribution in [3.8, 4) is 0 Å². The third-order valence-corrected chi connectivity index (χ3v) is 3.43. The fourth-order valence-electron chi connectivity index (χ4n) is 1.31. The molecular weight excluding hydrogens is 238 g/mol. The standard InChI is InChI=1S/C10H21N5OS/c1-4-11-6-7-15-10(12-13-14-15)17-9(2)5-8-16-3/h9,11H,4-8H2,1-3H3. The van der Waals surface area contributed by atoms with Gasteiger partial charge in [0.25, 0.3) is 0 Å². The normalized spacial score (nSPS) is 12.9. The first kappa shape index (κ1) is 14.4. The number of aromatic nitrogens is 4. The Kier molecular flexibility index (Phi) is 7.14. The van der Waals surface area contributed by atoms with Gasteiger partial charge in [-0.3, -0.25) is 0 Å². The summed E-state index contributed by atoms with van der Waals surface area (Å²) in [4.78, 5) is 0. The van der Waals surface area contributed by atoms with Crippen LogP contribution in [0.2, 0.25) is 0 Å². The smallest absolute Gasteiger partial charge is 0.209 e. The minimum Gasteiger partial charge on any atom is -0.385 e. The van der Waals surface area contributed by atoms with Gasteiger partial charge in [0.1, 0.15) is 0 Å². The van der Waals surface area contributed by atoms with E-state index in [1.54, 1.807) is 18.9 Å². The number of tetrazole rings is 1. The predicted octanol–water partition coefficient (Wildman–Crippen LogP) is 0.800. The Morgan fingerprint density at radius 1 is 1.53 bits per heavy atom. The molecule has 1 heterocycles. The van der Waals surface area contributed by atoms with Crippen LogP contribution < -0.4 is 5.32 Å². The van der Waals surface area contributed by atoms with Crippen molar-refractivity contribution in [1.82, 2.24) is 25.5 Å². The minimum absolute atomic E-state index is 0.457. The summed E-state index contributed by atoms with van der Waals surface area (Å²) < 4.78 is 6.90. The van der Waals surface area contributed by atoms with E-state index in [0.29, 0.717) is 5.25 Å². The molecule has 98 valence electrons. The predicted molar refractivity (Wildman–Crippen MR) is 68.2 cm³/mol. The summed E-state index contributed by atoms with van der Waals surface area (Å²) in [6, 6.07) is 0. The van der Waals surface area contributed by atoms with Crippen LogP contribution in [0.4, 0.5) is 0 Å². The lowest BCUT2D eigenvalue weighted by Crippen LogP contribution is -2.20. The number of thioether (sulfide) groups is 1. The van der Waals surface area contributed by atoms with Gasteiger partial charge in [-0.1, -0.05) is 25.6 Å². The molecular formula is C10H21N5OS. The van der Waals surface area contributed by atoms with E-state index in [0.717, 1.165) is 37.8 Å². The quantitative estimate of drug-likeness (QED) is 0.523. The summed E-state index contributed by atoms with van der Waals surface area (Å²) in [7, 11) is 1.72. The fraction of sp³-hybridized carbons (Fsp3) is 0.900. The van der Waals surface area contributed by atoms with Gasteiger partial charge >= 0.3 is 0 Å². The van der Waals surface area contributed by atoms with E-state index in [2.05, 4.69) is 34.7 Å². The summed E-state index contributed by atoms with van der Waals surface area (Å²) in [5.41, 5.74) is 0. The van der Waals surface area contributed by atoms with Crippen molar-refractivity contribution < 1.29 is 4.74 Å². The number of likely N-dealkylation sites (N-methyl/N-ethyl adjacent to an activating group) is 1. The maximum absolute atomic E-state index is 5.06. The molecule has 0 aliphatic heterocycles. The third-order valence-electron chi connectivity index (χ3n) is 2.28. The first-order chi connectivity index (χ1) is 8.27. The minimum atomic E-state index is 0.457. The molecule has 0 saturated carbocycles. The molecule has 0 spiro atoms. The van der Waals surface area contributed by atoms with Gasteiger partial charge in [-0.2, -0.15) is 0 Å². The highest BCUT2D eigenvalue weighted by Gasteiger charge is 2.11. The van der Waals surface area contributed by atoms with Crippen LogP contribution in [0, 0.1) is 0 Å². The lowest BCUT2D eigenvalue weighted by atomic mass is 10.3. The van der Waals surface area contributed by atoms with Crippen LogP contribution in [-0.2, 0) is 11.3 Å².